The van der Waals surface area contributed by atoms with Crippen molar-refractivity contribution < 1.29 is 15.0 Å². The molecule has 4 heteroatoms. The summed E-state index contributed by atoms with van der Waals surface area (Å²) in [5.41, 5.74) is -1.73. The van der Waals surface area contributed by atoms with E-state index in [0.717, 1.165) is 31.3 Å². The van der Waals surface area contributed by atoms with E-state index in [-0.39, 0.29) is 23.0 Å². The molecule has 0 radical (unpaired) electrons. The van der Waals surface area contributed by atoms with E-state index in [1.54, 1.807) is 6.08 Å². The third-order valence-electron chi connectivity index (χ3n) is 8.49. The van der Waals surface area contributed by atoms with Gasteiger partial charge in [-0.25, -0.2) is 0 Å². The Morgan fingerprint density at radius 3 is 2.54 bits per heavy atom. The Kier molecular flexibility index (Phi) is 3.20. The van der Waals surface area contributed by atoms with E-state index < -0.39 is 16.6 Å². The van der Waals surface area contributed by atoms with Crippen LogP contribution in [0.15, 0.2) is 11.6 Å². The monoisotopic (exact) mass is 329 g/mol. The molecule has 4 rings (SSSR count). The van der Waals surface area contributed by atoms with Crippen molar-refractivity contribution in [1.29, 1.82) is 5.26 Å². The van der Waals surface area contributed by atoms with Gasteiger partial charge in [0.25, 0.3) is 0 Å². The Bertz CT molecular complexity index is 679. The van der Waals surface area contributed by atoms with Crippen molar-refractivity contribution >= 4 is 5.78 Å². The molecule has 1 unspecified atom stereocenters. The van der Waals surface area contributed by atoms with Crippen LogP contribution >= 0.6 is 0 Å². The number of nitriles is 1. The zero-order chi connectivity index (χ0) is 17.4. The largest absolute Gasteiger partial charge is 0.389 e. The van der Waals surface area contributed by atoms with Crippen molar-refractivity contribution in [2.45, 2.75) is 76.4 Å². The Morgan fingerprint density at radius 1 is 1.08 bits per heavy atom. The highest BCUT2D eigenvalue weighted by Crippen LogP contribution is 2.68. The lowest BCUT2D eigenvalue weighted by Gasteiger charge is -2.63. The summed E-state index contributed by atoms with van der Waals surface area (Å²) in [4.78, 5) is 11.9. The first-order valence-electron chi connectivity index (χ1n) is 9.30. The summed E-state index contributed by atoms with van der Waals surface area (Å²) >= 11 is 0. The molecule has 0 amide bonds. The molecule has 4 aliphatic carbocycles. The van der Waals surface area contributed by atoms with Crippen LogP contribution in [-0.4, -0.2) is 27.2 Å². The first kappa shape index (κ1) is 16.3. The molecule has 130 valence electrons. The average Bonchev–Trinajstić information content (AvgIpc) is 2.82. The molecule has 0 spiro atoms. The molecule has 0 aromatic rings. The number of fused-ring (bicyclic) bond motifs is 5. The Balaban J connectivity index is 1.77. The second kappa shape index (κ2) is 4.71. The number of carbonyl (C=O) groups is 1. The van der Waals surface area contributed by atoms with Crippen LogP contribution in [-0.2, 0) is 4.79 Å². The van der Waals surface area contributed by atoms with Gasteiger partial charge in [0, 0.05) is 17.3 Å². The molecule has 0 aromatic carbocycles. The topological polar surface area (TPSA) is 81.3 Å². The van der Waals surface area contributed by atoms with E-state index in [9.17, 15) is 20.3 Å². The molecular formula is C20H27NO3. The van der Waals surface area contributed by atoms with Gasteiger partial charge in [-0.15, -0.1) is 0 Å². The SMILES string of the molecule is C[C@]12CC[C@@]3(O)[C@@H](CCC4=CC(=O)CC[C@@]43C)[C@@H]1CCC2(O)C#N. The lowest BCUT2D eigenvalue weighted by Crippen LogP contribution is -2.64. The summed E-state index contributed by atoms with van der Waals surface area (Å²) in [7, 11) is 0. The Hall–Kier alpha value is -1.18. The van der Waals surface area contributed by atoms with Gasteiger partial charge in [-0.05, 0) is 62.9 Å². The molecule has 0 aromatic heterocycles. The van der Waals surface area contributed by atoms with Crippen LogP contribution in [0.25, 0.3) is 0 Å². The minimum atomic E-state index is -1.27. The summed E-state index contributed by atoms with van der Waals surface area (Å²) in [5.74, 6) is 0.468. The highest BCUT2D eigenvalue weighted by atomic mass is 16.3. The van der Waals surface area contributed by atoms with Gasteiger partial charge in [-0.1, -0.05) is 19.4 Å². The summed E-state index contributed by atoms with van der Waals surface area (Å²) < 4.78 is 0. The van der Waals surface area contributed by atoms with E-state index in [1.165, 1.54) is 0 Å². The normalized spacial score (nSPS) is 53.5. The van der Waals surface area contributed by atoms with E-state index in [4.69, 9.17) is 0 Å². The van der Waals surface area contributed by atoms with Crippen LogP contribution in [0.5, 0.6) is 0 Å². The maximum atomic E-state index is 11.9. The summed E-state index contributed by atoms with van der Waals surface area (Å²) in [6.45, 7) is 4.18. The van der Waals surface area contributed by atoms with Crippen LogP contribution in [0, 0.1) is 34.0 Å². The van der Waals surface area contributed by atoms with Crippen molar-refractivity contribution in [1.82, 2.24) is 0 Å². The maximum Gasteiger partial charge on any atom is 0.156 e. The van der Waals surface area contributed by atoms with Gasteiger partial charge in [-0.3, -0.25) is 4.79 Å². The number of ketones is 1. The van der Waals surface area contributed by atoms with E-state index in [2.05, 4.69) is 13.0 Å². The van der Waals surface area contributed by atoms with E-state index in [0.29, 0.717) is 25.7 Å². The molecular weight excluding hydrogens is 302 g/mol. The number of hydrogen-bond donors (Lipinski definition) is 2. The first-order valence-corrected chi connectivity index (χ1v) is 9.30. The van der Waals surface area contributed by atoms with Crippen LogP contribution in [0.1, 0.15) is 65.2 Å². The highest BCUT2D eigenvalue weighted by Gasteiger charge is 2.69. The van der Waals surface area contributed by atoms with Crippen molar-refractivity contribution in [3.05, 3.63) is 11.6 Å². The molecule has 0 heterocycles. The number of aliphatic hydroxyl groups is 2. The molecule has 2 N–H and O–H groups in total. The molecule has 3 saturated carbocycles. The van der Waals surface area contributed by atoms with Crippen molar-refractivity contribution in [2.75, 3.05) is 0 Å². The molecule has 0 bridgehead atoms. The van der Waals surface area contributed by atoms with Gasteiger partial charge in [0.15, 0.2) is 11.4 Å². The predicted octanol–water partition coefficient (Wildman–Crippen LogP) is 2.89. The zero-order valence-electron chi connectivity index (χ0n) is 14.6. The highest BCUT2D eigenvalue weighted by molar-refractivity contribution is 5.91. The molecule has 0 aliphatic heterocycles. The summed E-state index contributed by atoms with van der Waals surface area (Å²) in [6.07, 6.45) is 7.32. The lowest BCUT2D eigenvalue weighted by atomic mass is 9.44. The van der Waals surface area contributed by atoms with Crippen molar-refractivity contribution in [3.8, 4) is 6.07 Å². The zero-order valence-corrected chi connectivity index (χ0v) is 14.6. The minimum Gasteiger partial charge on any atom is -0.389 e. The van der Waals surface area contributed by atoms with Gasteiger partial charge in [0.2, 0.25) is 0 Å². The van der Waals surface area contributed by atoms with Gasteiger partial charge < -0.3 is 10.2 Å². The molecule has 0 saturated heterocycles. The molecule has 4 aliphatic rings. The quantitative estimate of drug-likeness (QED) is 0.670. The lowest BCUT2D eigenvalue weighted by molar-refractivity contribution is -0.202. The average molecular weight is 329 g/mol. The fourth-order valence-electron chi connectivity index (χ4n) is 6.70. The van der Waals surface area contributed by atoms with Crippen LogP contribution in [0.4, 0.5) is 0 Å². The van der Waals surface area contributed by atoms with Gasteiger partial charge in [-0.2, -0.15) is 5.26 Å². The third kappa shape index (κ3) is 1.68. The molecule has 3 fully saturated rings. The Labute approximate surface area is 143 Å². The van der Waals surface area contributed by atoms with Crippen LogP contribution < -0.4 is 0 Å². The number of hydrogen-bond acceptors (Lipinski definition) is 4. The second-order valence-electron chi connectivity index (χ2n) is 9.07. The first-order chi connectivity index (χ1) is 11.2. The Morgan fingerprint density at radius 2 is 1.83 bits per heavy atom. The molecule has 24 heavy (non-hydrogen) atoms. The second-order valence-corrected chi connectivity index (χ2v) is 9.07. The number of carbonyl (C=O) groups excluding carboxylic acids is 1. The predicted molar refractivity (Wildman–Crippen MR) is 88.7 cm³/mol. The van der Waals surface area contributed by atoms with Crippen molar-refractivity contribution in [2.24, 2.45) is 22.7 Å². The smallest absolute Gasteiger partial charge is 0.156 e. The van der Waals surface area contributed by atoms with Crippen LogP contribution in [0.3, 0.4) is 0 Å². The van der Waals surface area contributed by atoms with E-state index >= 15 is 0 Å². The van der Waals surface area contributed by atoms with Gasteiger partial charge >= 0.3 is 0 Å². The van der Waals surface area contributed by atoms with E-state index in [1.807, 2.05) is 6.92 Å². The number of rotatable bonds is 0. The summed E-state index contributed by atoms with van der Waals surface area (Å²) in [6, 6.07) is 2.18. The molecule has 4 nitrogen and oxygen atoms in total. The molecule has 6 atom stereocenters. The third-order valence-corrected chi connectivity index (χ3v) is 8.49. The van der Waals surface area contributed by atoms with Gasteiger partial charge in [0.05, 0.1) is 11.7 Å². The maximum absolute atomic E-state index is 11.9. The number of nitrogens with zero attached hydrogens (tertiary/aromatic N) is 1. The minimum absolute atomic E-state index is 0.106. The fourth-order valence-corrected chi connectivity index (χ4v) is 6.70. The standard InChI is InChI=1S/C20H27NO3/c1-17-7-5-14(22)11-13(17)3-4-16-15-6-8-19(23,12-21)18(15,2)9-10-20(16,17)24/h11,15-16,23-24H,3-10H2,1-2H3/t15-,16-,17-,18-,19?,20+/m0/s1. The summed E-state index contributed by atoms with van der Waals surface area (Å²) in [5, 5.41) is 32.2. The van der Waals surface area contributed by atoms with Gasteiger partial charge in [0.1, 0.15) is 0 Å². The van der Waals surface area contributed by atoms with Crippen molar-refractivity contribution in [3.63, 3.8) is 0 Å². The fraction of sp³-hybridized carbons (Fsp3) is 0.800. The van der Waals surface area contributed by atoms with Crippen LogP contribution in [0.2, 0.25) is 0 Å².